The number of imide groups is 1. The summed E-state index contributed by atoms with van der Waals surface area (Å²) < 4.78 is 0. The van der Waals surface area contributed by atoms with Gasteiger partial charge in [0, 0.05) is 18.2 Å². The lowest BCUT2D eigenvalue weighted by molar-refractivity contribution is -0.139. The SMILES string of the molecule is O=Cc1ccc(C=CC(=O)N2CCC=CC2=O)cc1. The summed E-state index contributed by atoms with van der Waals surface area (Å²) in [5.74, 6) is -0.606. The highest BCUT2D eigenvalue weighted by atomic mass is 16.2. The van der Waals surface area contributed by atoms with Crippen LogP contribution in [-0.2, 0) is 9.59 Å². The Kier molecular flexibility index (Phi) is 4.03. The van der Waals surface area contributed by atoms with Crippen LogP contribution in [-0.4, -0.2) is 29.5 Å². The molecule has 1 aromatic carbocycles. The number of nitrogens with zero attached hydrogens (tertiary/aromatic N) is 1. The molecule has 0 radical (unpaired) electrons. The van der Waals surface area contributed by atoms with Crippen molar-refractivity contribution in [2.24, 2.45) is 0 Å². The molecule has 0 aromatic heterocycles. The number of hydrogen-bond acceptors (Lipinski definition) is 3. The van der Waals surface area contributed by atoms with Crippen LogP contribution in [0.25, 0.3) is 6.08 Å². The molecule has 1 aliphatic heterocycles. The minimum atomic E-state index is -0.325. The first kappa shape index (κ1) is 13.0. The fourth-order valence-corrected chi connectivity index (χ4v) is 1.75. The maximum Gasteiger partial charge on any atom is 0.253 e. The number of carbonyl (C=O) groups excluding carboxylic acids is 3. The molecule has 1 heterocycles. The molecule has 0 unspecified atom stereocenters. The van der Waals surface area contributed by atoms with E-state index in [2.05, 4.69) is 0 Å². The fraction of sp³-hybridized carbons (Fsp3) is 0.133. The van der Waals surface area contributed by atoms with Crippen LogP contribution in [0.4, 0.5) is 0 Å². The summed E-state index contributed by atoms with van der Waals surface area (Å²) in [6.07, 6.45) is 7.62. The summed E-state index contributed by atoms with van der Waals surface area (Å²) in [4.78, 5) is 35.0. The Balaban J connectivity index is 2.05. The predicted octanol–water partition coefficient (Wildman–Crippen LogP) is 1.83. The Morgan fingerprint density at radius 3 is 2.47 bits per heavy atom. The number of carbonyl (C=O) groups is 3. The zero-order valence-corrected chi connectivity index (χ0v) is 10.3. The Morgan fingerprint density at radius 2 is 1.84 bits per heavy atom. The van der Waals surface area contributed by atoms with E-state index in [4.69, 9.17) is 0 Å². The maximum atomic E-state index is 11.8. The first-order chi connectivity index (χ1) is 9.20. The van der Waals surface area contributed by atoms with Crippen molar-refractivity contribution in [3.05, 3.63) is 53.6 Å². The molecule has 0 atom stereocenters. The van der Waals surface area contributed by atoms with E-state index in [0.29, 0.717) is 18.5 Å². The van der Waals surface area contributed by atoms with Gasteiger partial charge < -0.3 is 0 Å². The van der Waals surface area contributed by atoms with E-state index in [1.54, 1.807) is 36.4 Å². The van der Waals surface area contributed by atoms with Gasteiger partial charge in [-0.3, -0.25) is 19.3 Å². The summed E-state index contributed by atoms with van der Waals surface area (Å²) in [7, 11) is 0. The largest absolute Gasteiger partial charge is 0.298 e. The van der Waals surface area contributed by atoms with Gasteiger partial charge >= 0.3 is 0 Å². The van der Waals surface area contributed by atoms with Crippen molar-refractivity contribution in [3.63, 3.8) is 0 Å². The molecule has 0 saturated carbocycles. The van der Waals surface area contributed by atoms with Gasteiger partial charge in [0.2, 0.25) is 0 Å². The molecule has 4 heteroatoms. The van der Waals surface area contributed by atoms with Gasteiger partial charge in [0.25, 0.3) is 11.8 Å². The van der Waals surface area contributed by atoms with Gasteiger partial charge in [0.05, 0.1) is 0 Å². The van der Waals surface area contributed by atoms with Crippen molar-refractivity contribution in [2.45, 2.75) is 6.42 Å². The molecule has 2 rings (SSSR count). The van der Waals surface area contributed by atoms with E-state index in [9.17, 15) is 14.4 Å². The minimum absolute atomic E-state index is 0.280. The Hall–Kier alpha value is -2.49. The van der Waals surface area contributed by atoms with Crippen molar-refractivity contribution in [2.75, 3.05) is 6.54 Å². The van der Waals surface area contributed by atoms with E-state index >= 15 is 0 Å². The Bertz CT molecular complexity index is 555. The zero-order chi connectivity index (χ0) is 13.7. The summed E-state index contributed by atoms with van der Waals surface area (Å²) in [6.45, 7) is 0.419. The van der Waals surface area contributed by atoms with E-state index in [-0.39, 0.29) is 11.8 Å². The van der Waals surface area contributed by atoms with Gasteiger partial charge in [-0.2, -0.15) is 0 Å². The molecule has 0 saturated heterocycles. The summed E-state index contributed by atoms with van der Waals surface area (Å²) in [6, 6.07) is 6.83. The van der Waals surface area contributed by atoms with E-state index in [1.165, 1.54) is 17.1 Å². The molecule has 0 bridgehead atoms. The first-order valence-corrected chi connectivity index (χ1v) is 5.96. The topological polar surface area (TPSA) is 54.5 Å². The van der Waals surface area contributed by atoms with Gasteiger partial charge in [-0.1, -0.05) is 30.3 Å². The van der Waals surface area contributed by atoms with Gasteiger partial charge in [0.1, 0.15) is 6.29 Å². The quantitative estimate of drug-likeness (QED) is 0.611. The molecule has 0 fully saturated rings. The lowest BCUT2D eigenvalue weighted by Gasteiger charge is -2.19. The summed E-state index contributed by atoms with van der Waals surface area (Å²) >= 11 is 0. The first-order valence-electron chi connectivity index (χ1n) is 5.96. The molecule has 0 spiro atoms. The molecule has 1 aliphatic rings. The van der Waals surface area contributed by atoms with Crippen LogP contribution in [0.3, 0.4) is 0 Å². The van der Waals surface area contributed by atoms with Gasteiger partial charge in [0.15, 0.2) is 0 Å². The van der Waals surface area contributed by atoms with E-state index < -0.39 is 0 Å². The smallest absolute Gasteiger partial charge is 0.253 e. The van der Waals surface area contributed by atoms with E-state index in [1.807, 2.05) is 0 Å². The second kappa shape index (κ2) is 5.91. The molecule has 19 heavy (non-hydrogen) atoms. The third-order valence-electron chi connectivity index (χ3n) is 2.80. The van der Waals surface area contributed by atoms with Crippen LogP contribution < -0.4 is 0 Å². The molecule has 2 amide bonds. The molecular weight excluding hydrogens is 242 g/mol. The molecule has 1 aromatic rings. The Labute approximate surface area is 111 Å². The number of hydrogen-bond donors (Lipinski definition) is 0. The fourth-order valence-electron chi connectivity index (χ4n) is 1.75. The molecule has 0 aliphatic carbocycles. The highest BCUT2D eigenvalue weighted by Crippen LogP contribution is 2.07. The third kappa shape index (κ3) is 3.25. The summed E-state index contributed by atoms with van der Waals surface area (Å²) in [5, 5.41) is 0. The number of benzene rings is 1. The van der Waals surface area contributed by atoms with Crippen LogP contribution >= 0.6 is 0 Å². The van der Waals surface area contributed by atoms with Crippen LogP contribution in [0, 0.1) is 0 Å². The standard InChI is InChI=1S/C15H13NO3/c17-11-13-6-4-12(5-7-13)8-9-15(19)16-10-2-1-3-14(16)18/h1,3-9,11H,2,10H2. The molecule has 96 valence electrons. The van der Waals surface area contributed by atoms with Crippen molar-refractivity contribution >= 4 is 24.2 Å². The molecule has 0 N–H and O–H groups in total. The van der Waals surface area contributed by atoms with Gasteiger partial charge in [-0.25, -0.2) is 0 Å². The normalized spacial score (nSPS) is 14.9. The number of rotatable bonds is 3. The lowest BCUT2D eigenvalue weighted by Crippen LogP contribution is -2.37. The highest BCUT2D eigenvalue weighted by molar-refractivity contribution is 6.06. The van der Waals surface area contributed by atoms with Gasteiger partial charge in [-0.15, -0.1) is 0 Å². The van der Waals surface area contributed by atoms with Crippen molar-refractivity contribution in [1.29, 1.82) is 0 Å². The predicted molar refractivity (Wildman–Crippen MR) is 71.3 cm³/mol. The van der Waals surface area contributed by atoms with Crippen molar-refractivity contribution in [1.82, 2.24) is 4.90 Å². The Morgan fingerprint density at radius 1 is 1.16 bits per heavy atom. The molecule has 4 nitrogen and oxygen atoms in total. The van der Waals surface area contributed by atoms with Crippen LogP contribution in [0.1, 0.15) is 22.3 Å². The van der Waals surface area contributed by atoms with E-state index in [0.717, 1.165) is 11.8 Å². The second-order valence-corrected chi connectivity index (χ2v) is 4.14. The number of aldehydes is 1. The molecular formula is C15H13NO3. The monoisotopic (exact) mass is 255 g/mol. The minimum Gasteiger partial charge on any atom is -0.298 e. The van der Waals surface area contributed by atoms with Crippen molar-refractivity contribution in [3.8, 4) is 0 Å². The third-order valence-corrected chi connectivity index (χ3v) is 2.80. The highest BCUT2D eigenvalue weighted by Gasteiger charge is 2.18. The van der Waals surface area contributed by atoms with Crippen LogP contribution in [0.15, 0.2) is 42.5 Å². The lowest BCUT2D eigenvalue weighted by atomic mass is 10.1. The number of amides is 2. The second-order valence-electron chi connectivity index (χ2n) is 4.14. The van der Waals surface area contributed by atoms with Crippen LogP contribution in [0.5, 0.6) is 0 Å². The average molecular weight is 255 g/mol. The van der Waals surface area contributed by atoms with Crippen molar-refractivity contribution < 1.29 is 14.4 Å². The maximum absolute atomic E-state index is 11.8. The van der Waals surface area contributed by atoms with Gasteiger partial charge in [-0.05, 0) is 24.1 Å². The zero-order valence-electron chi connectivity index (χ0n) is 10.3. The van der Waals surface area contributed by atoms with Crippen LogP contribution in [0.2, 0.25) is 0 Å². The summed E-state index contributed by atoms with van der Waals surface area (Å²) in [5.41, 5.74) is 1.39. The average Bonchev–Trinajstić information content (AvgIpc) is 2.46.